The number of carbonyl (C=O) groups excluding carboxylic acids is 2. The van der Waals surface area contributed by atoms with Gasteiger partial charge in [-0.2, -0.15) is 0 Å². The molecule has 4 aromatic rings. The summed E-state index contributed by atoms with van der Waals surface area (Å²) in [4.78, 5) is 29.2. The number of ether oxygens (including phenoxy) is 1. The Morgan fingerprint density at radius 1 is 1.09 bits per heavy atom. The number of nitrogens with zero attached hydrogens (tertiary/aromatic N) is 1. The molecule has 4 rings (SSSR count). The second kappa shape index (κ2) is 10.9. The van der Waals surface area contributed by atoms with E-state index in [4.69, 9.17) is 21.4 Å². The first kappa shape index (κ1) is 23.4. The average Bonchev–Trinajstić information content (AvgIpc) is 3.49. The molecule has 0 spiro atoms. The van der Waals surface area contributed by atoms with E-state index in [1.165, 1.54) is 17.6 Å². The molecular weight excluding hydrogens is 472 g/mol. The van der Waals surface area contributed by atoms with Crippen LogP contribution < -0.4 is 20.7 Å². The Morgan fingerprint density at radius 3 is 2.76 bits per heavy atom. The van der Waals surface area contributed by atoms with Gasteiger partial charge in [0.1, 0.15) is 5.75 Å². The highest BCUT2D eigenvalue weighted by atomic mass is 32.1. The lowest BCUT2D eigenvalue weighted by molar-refractivity contribution is 0.0974. The number of carbonyl (C=O) groups is 2. The molecule has 0 aliphatic heterocycles. The highest BCUT2D eigenvalue weighted by Gasteiger charge is 2.13. The molecule has 8 nitrogen and oxygen atoms in total. The van der Waals surface area contributed by atoms with Gasteiger partial charge in [-0.3, -0.25) is 20.2 Å². The van der Waals surface area contributed by atoms with Gasteiger partial charge in [0.05, 0.1) is 23.1 Å². The maximum absolute atomic E-state index is 12.6. The Labute approximate surface area is 205 Å². The number of fused-ring (bicyclic) bond motifs is 1. The fourth-order valence-corrected chi connectivity index (χ4v) is 4.13. The zero-order chi connectivity index (χ0) is 23.9. The maximum atomic E-state index is 12.6. The fourth-order valence-electron chi connectivity index (χ4n) is 3.02. The van der Waals surface area contributed by atoms with Crippen molar-refractivity contribution in [1.82, 2.24) is 10.3 Å². The highest BCUT2D eigenvalue weighted by molar-refractivity contribution is 7.80. The van der Waals surface area contributed by atoms with Crippen LogP contribution in [0.25, 0.3) is 10.2 Å². The number of thiazole rings is 1. The van der Waals surface area contributed by atoms with E-state index in [0.29, 0.717) is 28.7 Å². The number of hydrogen-bond donors (Lipinski definition) is 3. The lowest BCUT2D eigenvalue weighted by Gasteiger charge is -2.11. The molecule has 2 aromatic heterocycles. The number of nitrogens with one attached hydrogen (secondary N) is 3. The molecule has 0 aliphatic carbocycles. The van der Waals surface area contributed by atoms with Gasteiger partial charge in [-0.05, 0) is 67.2 Å². The van der Waals surface area contributed by atoms with Crippen LogP contribution in [0.2, 0.25) is 0 Å². The minimum Gasteiger partial charge on any atom is -0.494 e. The third-order valence-corrected chi connectivity index (χ3v) is 5.84. The number of amides is 2. The molecule has 0 bridgehead atoms. The van der Waals surface area contributed by atoms with E-state index in [-0.39, 0.29) is 22.7 Å². The maximum Gasteiger partial charge on any atom is 0.293 e. The molecule has 2 heterocycles. The molecule has 0 saturated heterocycles. The molecule has 174 valence electrons. The van der Waals surface area contributed by atoms with E-state index in [9.17, 15) is 9.59 Å². The summed E-state index contributed by atoms with van der Waals surface area (Å²) in [5, 5.41) is 9.02. The van der Waals surface area contributed by atoms with Crippen molar-refractivity contribution < 1.29 is 18.7 Å². The summed E-state index contributed by atoms with van der Waals surface area (Å²) in [5.41, 5.74) is 1.86. The first-order valence-corrected chi connectivity index (χ1v) is 11.8. The Hall–Kier alpha value is -3.76. The Morgan fingerprint density at radius 2 is 1.97 bits per heavy atom. The van der Waals surface area contributed by atoms with Crippen molar-refractivity contribution in [3.63, 3.8) is 0 Å². The topological polar surface area (TPSA) is 105 Å². The number of aromatic nitrogens is 1. The number of thiocarbonyl (C=S) groups is 1. The molecule has 0 aliphatic rings. The van der Waals surface area contributed by atoms with Gasteiger partial charge in [0.15, 0.2) is 16.0 Å². The van der Waals surface area contributed by atoms with Crippen LogP contribution in [0.5, 0.6) is 5.75 Å². The van der Waals surface area contributed by atoms with Gasteiger partial charge in [0.25, 0.3) is 11.8 Å². The number of benzene rings is 2. The molecule has 0 unspecified atom stereocenters. The Bertz CT molecular complexity index is 1320. The summed E-state index contributed by atoms with van der Waals surface area (Å²) in [6.45, 7) is 2.70. The first-order chi connectivity index (χ1) is 16.5. The lowest BCUT2D eigenvalue weighted by atomic mass is 10.2. The van der Waals surface area contributed by atoms with Crippen LogP contribution in [-0.4, -0.2) is 28.5 Å². The van der Waals surface area contributed by atoms with Gasteiger partial charge in [0, 0.05) is 11.3 Å². The second-order valence-corrected chi connectivity index (χ2v) is 8.71. The molecule has 0 radical (unpaired) electrons. The fraction of sp³-hybridized carbons (Fsp3) is 0.167. The molecule has 2 amide bonds. The quantitative estimate of drug-likeness (QED) is 0.221. The van der Waals surface area contributed by atoms with Crippen LogP contribution in [0, 0.1) is 0 Å². The summed E-state index contributed by atoms with van der Waals surface area (Å²) < 4.78 is 11.6. The second-order valence-electron chi connectivity index (χ2n) is 7.27. The molecule has 10 heteroatoms. The summed E-state index contributed by atoms with van der Waals surface area (Å²) in [5.74, 6) is 0.151. The summed E-state index contributed by atoms with van der Waals surface area (Å²) in [6, 6.07) is 15.6. The van der Waals surface area contributed by atoms with Gasteiger partial charge >= 0.3 is 0 Å². The molecule has 0 saturated carbocycles. The zero-order valence-corrected chi connectivity index (χ0v) is 19.9. The van der Waals surface area contributed by atoms with E-state index in [2.05, 4.69) is 27.9 Å². The first-order valence-electron chi connectivity index (χ1n) is 10.6. The van der Waals surface area contributed by atoms with Gasteiger partial charge in [-0.15, -0.1) is 0 Å². The number of anilines is 2. The smallest absolute Gasteiger partial charge is 0.293 e. The van der Waals surface area contributed by atoms with E-state index in [1.54, 1.807) is 42.5 Å². The predicted octanol–water partition coefficient (Wildman–Crippen LogP) is 5.45. The summed E-state index contributed by atoms with van der Waals surface area (Å²) in [7, 11) is 0. The van der Waals surface area contributed by atoms with Crippen LogP contribution in [0.1, 0.15) is 40.7 Å². The SMILES string of the molecule is CCCCOc1cccc(C(=O)NC(=S)Nc2ccc3nc(NC(=O)c4ccco4)sc3c2)c1. The molecule has 0 atom stereocenters. The van der Waals surface area contributed by atoms with E-state index < -0.39 is 0 Å². The van der Waals surface area contributed by atoms with Crippen molar-refractivity contribution >= 4 is 61.5 Å². The summed E-state index contributed by atoms with van der Waals surface area (Å²) >= 11 is 6.62. The number of rotatable bonds is 8. The van der Waals surface area contributed by atoms with Crippen molar-refractivity contribution in [2.75, 3.05) is 17.2 Å². The van der Waals surface area contributed by atoms with Crippen LogP contribution in [0.3, 0.4) is 0 Å². The largest absolute Gasteiger partial charge is 0.494 e. The monoisotopic (exact) mass is 494 g/mol. The predicted molar refractivity (Wildman–Crippen MR) is 137 cm³/mol. The van der Waals surface area contributed by atoms with E-state index in [1.807, 2.05) is 12.1 Å². The van der Waals surface area contributed by atoms with Gasteiger partial charge in [0.2, 0.25) is 0 Å². The van der Waals surface area contributed by atoms with Crippen LogP contribution >= 0.6 is 23.6 Å². The molecule has 0 fully saturated rings. The molecule has 34 heavy (non-hydrogen) atoms. The standard InChI is InChI=1S/C24H22N4O4S2/c1-2-3-11-31-17-7-4-6-15(13-17)21(29)27-23(33)25-16-9-10-18-20(14-16)34-24(26-18)28-22(30)19-8-5-12-32-19/h4-10,12-14H,2-3,11H2,1H3,(H,26,28,30)(H2,25,27,29,33). The molecular formula is C24H22N4O4S2. The average molecular weight is 495 g/mol. The van der Waals surface area contributed by atoms with Crippen molar-refractivity contribution in [3.8, 4) is 5.75 Å². The minimum absolute atomic E-state index is 0.164. The number of unbranched alkanes of at least 4 members (excludes halogenated alkanes) is 1. The van der Waals surface area contributed by atoms with Crippen LogP contribution in [0.15, 0.2) is 65.3 Å². The van der Waals surface area contributed by atoms with Gasteiger partial charge in [-0.1, -0.05) is 30.7 Å². The number of hydrogen-bond acceptors (Lipinski definition) is 7. The highest BCUT2D eigenvalue weighted by Crippen LogP contribution is 2.28. The van der Waals surface area contributed by atoms with E-state index in [0.717, 1.165) is 23.1 Å². The molecule has 2 aromatic carbocycles. The van der Waals surface area contributed by atoms with Crippen LogP contribution in [-0.2, 0) is 0 Å². The van der Waals surface area contributed by atoms with Crippen LogP contribution in [0.4, 0.5) is 10.8 Å². The van der Waals surface area contributed by atoms with Crippen molar-refractivity contribution in [2.45, 2.75) is 19.8 Å². The Kier molecular flexibility index (Phi) is 7.51. The minimum atomic E-state index is -0.369. The lowest BCUT2D eigenvalue weighted by Crippen LogP contribution is -2.34. The third kappa shape index (κ3) is 5.97. The van der Waals surface area contributed by atoms with Crippen molar-refractivity contribution in [2.24, 2.45) is 0 Å². The van der Waals surface area contributed by atoms with E-state index >= 15 is 0 Å². The third-order valence-electron chi connectivity index (χ3n) is 4.70. The van der Waals surface area contributed by atoms with Gasteiger partial charge in [-0.25, -0.2) is 4.98 Å². The normalized spacial score (nSPS) is 10.6. The Balaban J connectivity index is 1.36. The molecule has 3 N–H and O–H groups in total. The van der Waals surface area contributed by atoms with Crippen molar-refractivity contribution in [1.29, 1.82) is 0 Å². The number of furan rings is 1. The summed E-state index contributed by atoms with van der Waals surface area (Å²) in [6.07, 6.45) is 3.42. The zero-order valence-electron chi connectivity index (χ0n) is 18.3. The van der Waals surface area contributed by atoms with Crippen molar-refractivity contribution in [3.05, 3.63) is 72.2 Å². The van der Waals surface area contributed by atoms with Gasteiger partial charge < -0.3 is 14.5 Å².